The third-order valence-electron chi connectivity index (χ3n) is 2.47. The molecule has 0 heterocycles. The molecule has 2 amide bonds. The molecular weight excluding hydrogens is 324 g/mol. The number of amides is 2. The van der Waals surface area contributed by atoms with Crippen molar-refractivity contribution in [2.75, 3.05) is 44.2 Å². The Morgan fingerprint density at radius 3 is 2.32 bits per heavy atom. The van der Waals surface area contributed by atoms with Gasteiger partial charge in [0.05, 0.1) is 6.61 Å². The van der Waals surface area contributed by atoms with Crippen molar-refractivity contribution in [1.29, 1.82) is 0 Å². The van der Waals surface area contributed by atoms with Crippen molar-refractivity contribution in [3.8, 4) is 0 Å². The van der Waals surface area contributed by atoms with Crippen LogP contribution in [0.2, 0.25) is 0 Å². The summed E-state index contributed by atoms with van der Waals surface area (Å²) in [6.07, 6.45) is -0.504. The minimum Gasteiger partial charge on any atom is -0.448 e. The fourth-order valence-corrected chi connectivity index (χ4v) is 3.14. The molecule has 8 heteroatoms. The number of ether oxygens (including phenoxy) is 2. The van der Waals surface area contributed by atoms with Crippen molar-refractivity contribution in [2.24, 2.45) is 0 Å². The van der Waals surface area contributed by atoms with Crippen molar-refractivity contribution in [3.05, 3.63) is 29.8 Å². The molecule has 0 radical (unpaired) electrons. The maximum Gasteiger partial charge on any atom is 0.411 e. The van der Waals surface area contributed by atoms with Crippen LogP contribution in [0, 0.1) is 0 Å². The molecule has 0 fully saturated rings. The lowest BCUT2D eigenvalue weighted by Crippen LogP contribution is -2.18. The van der Waals surface area contributed by atoms with Crippen LogP contribution in [0.5, 0.6) is 0 Å². The van der Waals surface area contributed by atoms with Crippen LogP contribution in [-0.4, -0.2) is 50.9 Å². The van der Waals surface area contributed by atoms with Crippen molar-refractivity contribution >= 4 is 39.3 Å². The second-order valence-corrected chi connectivity index (χ2v) is 6.76. The molecule has 0 spiro atoms. The van der Waals surface area contributed by atoms with Gasteiger partial charge >= 0.3 is 6.09 Å². The van der Waals surface area contributed by atoms with Gasteiger partial charge in [-0.25, -0.2) is 4.79 Å². The summed E-state index contributed by atoms with van der Waals surface area (Å²) in [6.45, 7) is 1.05. The van der Waals surface area contributed by atoms with Gasteiger partial charge < -0.3 is 14.8 Å². The third-order valence-corrected chi connectivity index (χ3v) is 4.81. The van der Waals surface area contributed by atoms with E-state index >= 15 is 0 Å². The van der Waals surface area contributed by atoms with Crippen LogP contribution in [-0.2, 0) is 9.47 Å². The smallest absolute Gasteiger partial charge is 0.411 e. The van der Waals surface area contributed by atoms with Crippen molar-refractivity contribution in [1.82, 2.24) is 5.32 Å². The number of hydrogen-bond acceptors (Lipinski definition) is 6. The van der Waals surface area contributed by atoms with E-state index in [0.29, 0.717) is 24.5 Å². The summed E-state index contributed by atoms with van der Waals surface area (Å²) in [5, 5.41) is 5.14. The van der Waals surface area contributed by atoms with Crippen LogP contribution >= 0.6 is 21.6 Å². The van der Waals surface area contributed by atoms with Gasteiger partial charge in [0, 0.05) is 36.9 Å². The first-order valence-electron chi connectivity index (χ1n) is 6.66. The molecule has 0 aliphatic rings. The predicted molar refractivity (Wildman–Crippen MR) is 91.6 cm³/mol. The summed E-state index contributed by atoms with van der Waals surface area (Å²) < 4.78 is 9.99. The molecule has 1 rings (SSSR count). The first-order valence-corrected chi connectivity index (χ1v) is 9.15. The quantitative estimate of drug-likeness (QED) is 0.530. The molecule has 0 aliphatic carbocycles. The second-order valence-electron chi connectivity index (χ2n) is 4.05. The molecule has 22 heavy (non-hydrogen) atoms. The van der Waals surface area contributed by atoms with Gasteiger partial charge in [-0.1, -0.05) is 21.6 Å². The van der Waals surface area contributed by atoms with Gasteiger partial charge in [0.1, 0.15) is 6.61 Å². The molecule has 6 nitrogen and oxygen atoms in total. The number of methoxy groups -OCH3 is 1. The highest BCUT2D eigenvalue weighted by atomic mass is 33.1. The molecule has 0 bridgehead atoms. The molecule has 0 aromatic heterocycles. The topological polar surface area (TPSA) is 76.7 Å². The lowest BCUT2D eigenvalue weighted by Gasteiger charge is -2.07. The van der Waals surface area contributed by atoms with Gasteiger partial charge in [0.2, 0.25) is 0 Å². The van der Waals surface area contributed by atoms with Crippen molar-refractivity contribution in [2.45, 2.75) is 0 Å². The van der Waals surface area contributed by atoms with E-state index in [-0.39, 0.29) is 5.91 Å². The molecule has 0 unspecified atom stereocenters. The van der Waals surface area contributed by atoms with Crippen LogP contribution in [0.3, 0.4) is 0 Å². The molecule has 0 atom stereocenters. The lowest BCUT2D eigenvalue weighted by molar-refractivity contribution is 0.0963. The Morgan fingerprint density at radius 2 is 1.73 bits per heavy atom. The molecule has 0 saturated heterocycles. The first-order chi connectivity index (χ1) is 10.7. The average Bonchev–Trinajstić information content (AvgIpc) is 2.54. The maximum atomic E-state index is 11.6. The standard InChI is InChI=1S/C14H20N2O4S2/c1-15-13(17)11-3-5-12(6-4-11)16-14(18)20-8-10-22-21-9-7-19-2/h3-6H,7-10H2,1-2H3,(H,15,17)(H,16,18). The summed E-state index contributed by atoms with van der Waals surface area (Å²) in [5.41, 5.74) is 1.12. The van der Waals surface area contributed by atoms with E-state index in [0.717, 1.165) is 11.5 Å². The van der Waals surface area contributed by atoms with E-state index in [9.17, 15) is 9.59 Å². The zero-order chi connectivity index (χ0) is 16.2. The van der Waals surface area contributed by atoms with Crippen LogP contribution in [0.15, 0.2) is 24.3 Å². The average molecular weight is 344 g/mol. The lowest BCUT2D eigenvalue weighted by atomic mass is 10.2. The summed E-state index contributed by atoms with van der Waals surface area (Å²) in [7, 11) is 6.55. The first kappa shape index (κ1) is 18.7. The molecule has 1 aromatic rings. The minimum atomic E-state index is -0.504. The number of anilines is 1. The summed E-state index contributed by atoms with van der Waals surface area (Å²) >= 11 is 0. The minimum absolute atomic E-state index is 0.169. The van der Waals surface area contributed by atoms with E-state index in [1.807, 2.05) is 0 Å². The van der Waals surface area contributed by atoms with Gasteiger partial charge in [-0.3, -0.25) is 10.1 Å². The van der Waals surface area contributed by atoms with E-state index in [2.05, 4.69) is 10.6 Å². The maximum absolute atomic E-state index is 11.6. The number of nitrogens with one attached hydrogen (secondary N) is 2. The van der Waals surface area contributed by atoms with Crippen LogP contribution in [0.1, 0.15) is 10.4 Å². The van der Waals surface area contributed by atoms with Crippen LogP contribution in [0.25, 0.3) is 0 Å². The molecule has 1 aromatic carbocycles. The summed E-state index contributed by atoms with van der Waals surface area (Å²) in [4.78, 5) is 23.0. The largest absolute Gasteiger partial charge is 0.448 e. The molecule has 122 valence electrons. The monoisotopic (exact) mass is 344 g/mol. The van der Waals surface area contributed by atoms with Crippen LogP contribution < -0.4 is 10.6 Å². The molecule has 2 N–H and O–H groups in total. The van der Waals surface area contributed by atoms with Gasteiger partial charge in [-0.15, -0.1) is 0 Å². The Labute approximate surface area is 138 Å². The Morgan fingerprint density at radius 1 is 1.09 bits per heavy atom. The second kappa shape index (κ2) is 11.2. The SMILES string of the molecule is CNC(=O)c1ccc(NC(=O)OCCSSCCOC)cc1. The highest BCUT2D eigenvalue weighted by Gasteiger charge is 2.05. The van der Waals surface area contributed by atoms with Crippen molar-refractivity contribution < 1.29 is 19.1 Å². The fraction of sp³-hybridized carbons (Fsp3) is 0.429. The number of rotatable bonds is 9. The van der Waals surface area contributed by atoms with Crippen LogP contribution in [0.4, 0.5) is 10.5 Å². The Bertz CT molecular complexity index is 468. The Kier molecular flexibility index (Phi) is 9.52. The normalized spacial score (nSPS) is 10.1. The van der Waals surface area contributed by atoms with Gasteiger partial charge in [0.25, 0.3) is 5.91 Å². The van der Waals surface area contributed by atoms with E-state index in [1.165, 1.54) is 0 Å². The van der Waals surface area contributed by atoms with E-state index in [1.54, 1.807) is 60.0 Å². The Balaban J connectivity index is 2.20. The number of carbonyl (C=O) groups excluding carboxylic acids is 2. The highest BCUT2D eigenvalue weighted by Crippen LogP contribution is 2.20. The number of hydrogen-bond donors (Lipinski definition) is 2. The van der Waals surface area contributed by atoms with Gasteiger partial charge in [-0.2, -0.15) is 0 Å². The van der Waals surface area contributed by atoms with Gasteiger partial charge in [0.15, 0.2) is 0 Å². The number of carbonyl (C=O) groups is 2. The summed E-state index contributed by atoms with van der Waals surface area (Å²) in [5.74, 6) is 1.46. The summed E-state index contributed by atoms with van der Waals surface area (Å²) in [6, 6.07) is 6.58. The highest BCUT2D eigenvalue weighted by molar-refractivity contribution is 8.76. The van der Waals surface area contributed by atoms with E-state index < -0.39 is 6.09 Å². The fourth-order valence-electron chi connectivity index (χ4n) is 1.41. The predicted octanol–water partition coefficient (Wildman–Crippen LogP) is 2.62. The molecular formula is C14H20N2O4S2. The third kappa shape index (κ3) is 7.58. The molecule has 0 aliphatic heterocycles. The molecule has 0 saturated carbocycles. The number of benzene rings is 1. The van der Waals surface area contributed by atoms with E-state index in [4.69, 9.17) is 9.47 Å². The van der Waals surface area contributed by atoms with Crippen molar-refractivity contribution in [3.63, 3.8) is 0 Å². The van der Waals surface area contributed by atoms with Gasteiger partial charge in [-0.05, 0) is 24.3 Å². The Hall–Kier alpha value is -1.38. The zero-order valence-electron chi connectivity index (χ0n) is 12.6. The zero-order valence-corrected chi connectivity index (χ0v) is 14.2.